The van der Waals surface area contributed by atoms with Gasteiger partial charge in [-0.3, -0.25) is 4.79 Å². The Bertz CT molecular complexity index is 142. The highest BCUT2D eigenvalue weighted by Gasteiger charge is 1.97. The van der Waals surface area contributed by atoms with Crippen molar-refractivity contribution in [1.29, 1.82) is 0 Å². The molecule has 14 heavy (non-hydrogen) atoms. The smallest absolute Gasteiger partial charge is 0.315 e. The molecule has 0 fully saturated rings. The van der Waals surface area contributed by atoms with Crippen LogP contribution in [0.4, 0.5) is 0 Å². The highest BCUT2D eigenvalue weighted by atomic mass is 32.1. The topological polar surface area (TPSA) is 65.0 Å². The Morgan fingerprint density at radius 3 is 2.21 bits per heavy atom. The van der Waals surface area contributed by atoms with Gasteiger partial charge in [-0.05, 0) is 0 Å². The summed E-state index contributed by atoms with van der Waals surface area (Å²) < 4.78 is 14.7. The molecule has 0 aromatic rings. The molecule has 0 aliphatic carbocycles. The Labute approximate surface area is 88.7 Å². The molecular weight excluding hydrogens is 208 g/mol. The molecule has 0 saturated carbocycles. The van der Waals surface area contributed by atoms with Gasteiger partial charge in [0.05, 0.1) is 38.8 Å². The predicted molar refractivity (Wildman–Crippen MR) is 53.5 cm³/mol. The monoisotopic (exact) mass is 224 g/mol. The van der Waals surface area contributed by atoms with Crippen LogP contribution in [0.5, 0.6) is 0 Å². The summed E-state index contributed by atoms with van der Waals surface area (Å²) in [5.74, 6) is -0.270. The second-order valence-corrected chi connectivity index (χ2v) is 2.64. The van der Waals surface area contributed by atoms with Crippen LogP contribution in [0.1, 0.15) is 0 Å². The first kappa shape index (κ1) is 13.7. The van der Waals surface area contributed by atoms with Gasteiger partial charge in [0, 0.05) is 0 Å². The molecule has 0 aromatic carbocycles. The summed E-state index contributed by atoms with van der Waals surface area (Å²) in [7, 11) is 0. The molecule has 0 aliphatic rings. The Morgan fingerprint density at radius 2 is 1.64 bits per heavy atom. The van der Waals surface area contributed by atoms with E-state index in [9.17, 15) is 4.79 Å². The lowest BCUT2D eigenvalue weighted by Crippen LogP contribution is -2.14. The zero-order valence-electron chi connectivity index (χ0n) is 7.98. The standard InChI is InChI=1S/C8H16O5S/c9-1-2-11-3-4-12-5-6-13-8(10)7-14/h9,14H,1-7H2. The van der Waals surface area contributed by atoms with Crippen LogP contribution in [-0.2, 0) is 19.0 Å². The highest BCUT2D eigenvalue weighted by Crippen LogP contribution is 1.84. The fraction of sp³-hybridized carbons (Fsp3) is 0.875. The first-order valence-corrected chi connectivity index (χ1v) is 4.97. The summed E-state index contributed by atoms with van der Waals surface area (Å²) in [4.78, 5) is 10.6. The number of hydrogen-bond donors (Lipinski definition) is 2. The van der Waals surface area contributed by atoms with Crippen molar-refractivity contribution in [2.75, 3.05) is 45.4 Å². The molecule has 0 unspecified atom stereocenters. The molecule has 0 radical (unpaired) electrons. The number of rotatable bonds is 9. The maximum Gasteiger partial charge on any atom is 0.315 e. The Hall–Kier alpha value is -0.300. The maximum atomic E-state index is 10.6. The molecule has 84 valence electrons. The van der Waals surface area contributed by atoms with Gasteiger partial charge in [-0.2, -0.15) is 12.6 Å². The minimum Gasteiger partial charge on any atom is -0.463 e. The number of aliphatic hydroxyl groups excluding tert-OH is 1. The Kier molecular flexibility index (Phi) is 10.5. The number of esters is 1. The van der Waals surface area contributed by atoms with Crippen molar-refractivity contribution in [2.24, 2.45) is 0 Å². The molecular formula is C8H16O5S. The summed E-state index contributed by atoms with van der Waals surface area (Å²) in [6, 6.07) is 0. The molecule has 1 N–H and O–H groups in total. The van der Waals surface area contributed by atoms with Gasteiger partial charge in [-0.25, -0.2) is 0 Å². The van der Waals surface area contributed by atoms with Crippen molar-refractivity contribution in [3.05, 3.63) is 0 Å². The van der Waals surface area contributed by atoms with Gasteiger partial charge < -0.3 is 19.3 Å². The number of carbonyl (C=O) groups is 1. The average molecular weight is 224 g/mol. The van der Waals surface area contributed by atoms with E-state index >= 15 is 0 Å². The molecule has 0 saturated heterocycles. The van der Waals surface area contributed by atoms with Crippen LogP contribution >= 0.6 is 12.6 Å². The van der Waals surface area contributed by atoms with Gasteiger partial charge in [0.2, 0.25) is 0 Å². The SMILES string of the molecule is O=C(CS)OCCOCCOCCO. The largest absolute Gasteiger partial charge is 0.463 e. The molecule has 6 heteroatoms. The molecule has 0 amide bonds. The number of hydrogen-bond acceptors (Lipinski definition) is 6. The van der Waals surface area contributed by atoms with Crippen LogP contribution in [0.2, 0.25) is 0 Å². The quantitative estimate of drug-likeness (QED) is 0.313. The summed E-state index contributed by atoms with van der Waals surface area (Å²) in [5, 5.41) is 8.36. The Balaban J connectivity index is 2.95. The summed E-state index contributed by atoms with van der Waals surface area (Å²) in [5.41, 5.74) is 0. The number of thiol groups is 1. The van der Waals surface area contributed by atoms with E-state index in [0.29, 0.717) is 26.4 Å². The lowest BCUT2D eigenvalue weighted by atomic mass is 10.7. The van der Waals surface area contributed by atoms with E-state index in [1.165, 1.54) is 0 Å². The number of aliphatic hydroxyl groups is 1. The number of carbonyl (C=O) groups excluding carboxylic acids is 1. The molecule has 5 nitrogen and oxygen atoms in total. The lowest BCUT2D eigenvalue weighted by molar-refractivity contribution is -0.142. The third kappa shape index (κ3) is 9.79. The van der Waals surface area contributed by atoms with Gasteiger partial charge in [-0.1, -0.05) is 0 Å². The molecule has 0 aliphatic heterocycles. The molecule has 0 spiro atoms. The van der Waals surface area contributed by atoms with Gasteiger partial charge in [0.25, 0.3) is 0 Å². The molecule has 0 aromatic heterocycles. The van der Waals surface area contributed by atoms with Crippen molar-refractivity contribution in [3.63, 3.8) is 0 Å². The van der Waals surface area contributed by atoms with Crippen molar-refractivity contribution in [2.45, 2.75) is 0 Å². The van der Waals surface area contributed by atoms with Gasteiger partial charge in [0.1, 0.15) is 6.61 Å². The third-order valence-electron chi connectivity index (χ3n) is 1.23. The minimum absolute atomic E-state index is 0.0134. The normalized spacial score (nSPS) is 10.1. The second kappa shape index (κ2) is 10.8. The van der Waals surface area contributed by atoms with Crippen LogP contribution in [0.25, 0.3) is 0 Å². The van der Waals surface area contributed by atoms with Crippen molar-refractivity contribution in [3.8, 4) is 0 Å². The predicted octanol–water partition coefficient (Wildman–Crippen LogP) is -0.515. The van der Waals surface area contributed by atoms with Gasteiger partial charge >= 0.3 is 5.97 Å². The zero-order valence-corrected chi connectivity index (χ0v) is 8.87. The van der Waals surface area contributed by atoms with E-state index in [0.717, 1.165) is 0 Å². The zero-order chi connectivity index (χ0) is 10.6. The first-order chi connectivity index (χ1) is 6.81. The molecule has 0 heterocycles. The summed E-state index contributed by atoms with van der Waals surface area (Å²) in [6.45, 7) is 1.78. The van der Waals surface area contributed by atoms with Gasteiger partial charge in [-0.15, -0.1) is 0 Å². The molecule has 0 atom stereocenters. The van der Waals surface area contributed by atoms with Crippen LogP contribution in [0.3, 0.4) is 0 Å². The van der Waals surface area contributed by atoms with Crippen LogP contribution < -0.4 is 0 Å². The van der Waals surface area contributed by atoms with E-state index in [1.807, 2.05) is 0 Å². The van der Waals surface area contributed by atoms with E-state index in [-0.39, 0.29) is 24.9 Å². The fourth-order valence-electron chi connectivity index (χ4n) is 0.647. The van der Waals surface area contributed by atoms with Crippen LogP contribution in [0.15, 0.2) is 0 Å². The highest BCUT2D eigenvalue weighted by molar-refractivity contribution is 7.81. The number of ether oxygens (including phenoxy) is 3. The van der Waals surface area contributed by atoms with Crippen LogP contribution in [0, 0.1) is 0 Å². The third-order valence-corrected chi connectivity index (χ3v) is 1.49. The second-order valence-electron chi connectivity index (χ2n) is 2.33. The minimum atomic E-state index is -0.353. The van der Waals surface area contributed by atoms with Crippen molar-refractivity contribution >= 4 is 18.6 Å². The summed E-state index contributed by atoms with van der Waals surface area (Å²) in [6.07, 6.45) is 0. The first-order valence-electron chi connectivity index (χ1n) is 4.34. The average Bonchev–Trinajstić information content (AvgIpc) is 2.21. The molecule has 0 bridgehead atoms. The van der Waals surface area contributed by atoms with Gasteiger partial charge in [0.15, 0.2) is 0 Å². The van der Waals surface area contributed by atoms with Crippen LogP contribution in [-0.4, -0.2) is 56.5 Å². The maximum absolute atomic E-state index is 10.6. The fourth-order valence-corrected chi connectivity index (χ4v) is 0.738. The Morgan fingerprint density at radius 1 is 1.07 bits per heavy atom. The lowest BCUT2D eigenvalue weighted by Gasteiger charge is -2.05. The van der Waals surface area contributed by atoms with E-state index in [4.69, 9.17) is 19.3 Å². The van der Waals surface area contributed by atoms with Crippen molar-refractivity contribution < 1.29 is 24.1 Å². The summed E-state index contributed by atoms with van der Waals surface area (Å²) >= 11 is 3.74. The molecule has 0 rings (SSSR count). The van der Waals surface area contributed by atoms with Crippen molar-refractivity contribution in [1.82, 2.24) is 0 Å². The van der Waals surface area contributed by atoms with E-state index in [2.05, 4.69) is 12.6 Å². The van der Waals surface area contributed by atoms with E-state index in [1.54, 1.807) is 0 Å². The van der Waals surface area contributed by atoms with E-state index < -0.39 is 0 Å².